The van der Waals surface area contributed by atoms with E-state index >= 15 is 0 Å². The van der Waals surface area contributed by atoms with E-state index in [1.807, 2.05) is 42.5 Å². The summed E-state index contributed by atoms with van der Waals surface area (Å²) in [4.78, 5) is 16.7. The lowest BCUT2D eigenvalue weighted by Crippen LogP contribution is -2.23. The molecule has 148 valence electrons. The maximum atomic E-state index is 12.4. The average Bonchev–Trinajstić information content (AvgIpc) is 3.21. The summed E-state index contributed by atoms with van der Waals surface area (Å²) in [7, 11) is 0. The van der Waals surface area contributed by atoms with Crippen molar-refractivity contribution in [1.29, 1.82) is 0 Å². The highest BCUT2D eigenvalue weighted by Crippen LogP contribution is 2.32. The minimum atomic E-state index is -0.225. The third-order valence-electron chi connectivity index (χ3n) is 4.75. The van der Waals surface area contributed by atoms with Crippen molar-refractivity contribution in [3.8, 4) is 11.5 Å². The van der Waals surface area contributed by atoms with Crippen LogP contribution in [0, 0.1) is 0 Å². The number of aromatic nitrogens is 1. The Morgan fingerprint density at radius 2 is 1.90 bits per heavy atom. The minimum absolute atomic E-state index is 0.225. The third-order valence-corrected chi connectivity index (χ3v) is 4.75. The maximum Gasteiger partial charge on any atom is 0.270 e. The summed E-state index contributed by atoms with van der Waals surface area (Å²) in [5.41, 5.74) is 4.42. The van der Waals surface area contributed by atoms with Crippen LogP contribution < -0.4 is 20.1 Å². The molecule has 6 nitrogen and oxygen atoms in total. The van der Waals surface area contributed by atoms with Crippen molar-refractivity contribution in [2.45, 2.75) is 26.3 Å². The monoisotopic (exact) mass is 389 g/mol. The van der Waals surface area contributed by atoms with Crippen molar-refractivity contribution in [1.82, 2.24) is 10.3 Å². The van der Waals surface area contributed by atoms with Gasteiger partial charge in [0.1, 0.15) is 5.69 Å². The van der Waals surface area contributed by atoms with Gasteiger partial charge in [0.15, 0.2) is 11.5 Å². The topological polar surface area (TPSA) is 72.5 Å². The summed E-state index contributed by atoms with van der Waals surface area (Å²) >= 11 is 0. The van der Waals surface area contributed by atoms with Crippen molar-refractivity contribution < 1.29 is 14.3 Å². The predicted octanol–water partition coefficient (Wildman–Crippen LogP) is 4.61. The Bertz CT molecular complexity index is 1020. The molecule has 0 saturated carbocycles. The fraction of sp³-hybridized carbons (Fsp3) is 0.217. The number of hydrogen-bond donors (Lipinski definition) is 2. The maximum absolute atomic E-state index is 12.4. The zero-order valence-corrected chi connectivity index (χ0v) is 16.4. The molecule has 0 bridgehead atoms. The van der Waals surface area contributed by atoms with E-state index in [0.717, 1.165) is 22.7 Å². The van der Waals surface area contributed by atoms with Crippen LogP contribution in [0.4, 0.5) is 11.4 Å². The first-order valence-corrected chi connectivity index (χ1v) is 9.59. The number of fused-ring (bicyclic) bond motifs is 1. The van der Waals surface area contributed by atoms with Gasteiger partial charge < -0.3 is 20.1 Å². The molecule has 1 aliphatic rings. The molecule has 0 saturated heterocycles. The van der Waals surface area contributed by atoms with E-state index in [2.05, 4.69) is 35.5 Å². The number of anilines is 2. The zero-order chi connectivity index (χ0) is 20.2. The molecule has 1 aromatic heterocycles. The first-order chi connectivity index (χ1) is 14.1. The van der Waals surface area contributed by atoms with Gasteiger partial charge in [0, 0.05) is 12.2 Å². The molecule has 0 atom stereocenters. The van der Waals surface area contributed by atoms with Crippen molar-refractivity contribution >= 4 is 17.3 Å². The molecule has 1 amide bonds. The highest BCUT2D eigenvalue weighted by atomic mass is 16.7. The van der Waals surface area contributed by atoms with Gasteiger partial charge in [0.25, 0.3) is 5.91 Å². The first-order valence-electron chi connectivity index (χ1n) is 9.59. The summed E-state index contributed by atoms with van der Waals surface area (Å²) in [5.74, 6) is 1.61. The predicted molar refractivity (Wildman–Crippen MR) is 112 cm³/mol. The van der Waals surface area contributed by atoms with Crippen molar-refractivity contribution in [2.24, 2.45) is 0 Å². The smallest absolute Gasteiger partial charge is 0.270 e. The summed E-state index contributed by atoms with van der Waals surface area (Å²) in [6.45, 7) is 4.94. The molecule has 29 heavy (non-hydrogen) atoms. The van der Waals surface area contributed by atoms with E-state index in [1.54, 1.807) is 12.3 Å². The van der Waals surface area contributed by atoms with Crippen LogP contribution in [0.2, 0.25) is 0 Å². The first kappa shape index (κ1) is 18.8. The molecule has 2 heterocycles. The normalized spacial score (nSPS) is 12.1. The van der Waals surface area contributed by atoms with Crippen LogP contribution in [0.15, 0.2) is 60.8 Å². The molecule has 0 aliphatic carbocycles. The van der Waals surface area contributed by atoms with Crippen molar-refractivity contribution in [3.05, 3.63) is 77.6 Å². The molecule has 0 radical (unpaired) electrons. The Morgan fingerprint density at radius 3 is 2.69 bits per heavy atom. The SMILES string of the molecule is CC(C)c1ccccc1Nc1ccc(C(=O)NCc2ccc3c(c2)OCO3)nc1. The number of amides is 1. The average molecular weight is 389 g/mol. The number of benzene rings is 2. The third kappa shape index (κ3) is 4.32. The van der Waals surface area contributed by atoms with Gasteiger partial charge in [-0.15, -0.1) is 0 Å². The van der Waals surface area contributed by atoms with Crippen LogP contribution >= 0.6 is 0 Å². The number of carbonyl (C=O) groups is 1. The molecular weight excluding hydrogens is 366 g/mol. The second-order valence-electron chi connectivity index (χ2n) is 7.17. The quantitative estimate of drug-likeness (QED) is 0.644. The number of nitrogens with one attached hydrogen (secondary N) is 2. The van der Waals surface area contributed by atoms with Crippen molar-refractivity contribution in [3.63, 3.8) is 0 Å². The molecule has 6 heteroatoms. The standard InChI is InChI=1S/C23H23N3O3/c1-15(2)18-5-3-4-6-19(18)26-17-8-9-20(24-13-17)23(27)25-12-16-7-10-21-22(11-16)29-14-28-21/h3-11,13,15,26H,12,14H2,1-2H3,(H,25,27). The molecular formula is C23H23N3O3. The van der Waals surface area contributed by atoms with E-state index in [1.165, 1.54) is 5.56 Å². The summed E-state index contributed by atoms with van der Waals surface area (Å²) in [6, 6.07) is 17.4. The van der Waals surface area contributed by atoms with Gasteiger partial charge in [-0.3, -0.25) is 4.79 Å². The second-order valence-corrected chi connectivity index (χ2v) is 7.17. The molecule has 1 aliphatic heterocycles. The molecule has 0 unspecified atom stereocenters. The van der Waals surface area contributed by atoms with Gasteiger partial charge in [-0.1, -0.05) is 38.1 Å². The van der Waals surface area contributed by atoms with Crippen LogP contribution in [0.3, 0.4) is 0 Å². The largest absolute Gasteiger partial charge is 0.454 e. The Kier molecular flexibility index (Phi) is 5.33. The van der Waals surface area contributed by atoms with Gasteiger partial charge in [-0.2, -0.15) is 0 Å². The fourth-order valence-corrected chi connectivity index (χ4v) is 3.20. The Labute approximate surface area is 169 Å². The van der Waals surface area contributed by atoms with Crippen LogP contribution in [0.25, 0.3) is 0 Å². The molecule has 0 spiro atoms. The summed E-state index contributed by atoms with van der Waals surface area (Å²) < 4.78 is 10.7. The number of nitrogens with zero attached hydrogens (tertiary/aromatic N) is 1. The van der Waals surface area contributed by atoms with E-state index in [-0.39, 0.29) is 12.7 Å². The zero-order valence-electron chi connectivity index (χ0n) is 16.4. The van der Waals surface area contributed by atoms with E-state index in [9.17, 15) is 4.79 Å². The number of carbonyl (C=O) groups excluding carboxylic acids is 1. The molecule has 2 aromatic carbocycles. The number of para-hydroxylation sites is 1. The Hall–Kier alpha value is -3.54. The van der Waals surface area contributed by atoms with Gasteiger partial charge in [0.2, 0.25) is 6.79 Å². The minimum Gasteiger partial charge on any atom is -0.454 e. The van der Waals surface area contributed by atoms with E-state index in [0.29, 0.717) is 23.9 Å². The summed E-state index contributed by atoms with van der Waals surface area (Å²) in [5, 5.41) is 6.26. The fourth-order valence-electron chi connectivity index (χ4n) is 3.20. The van der Waals surface area contributed by atoms with E-state index < -0.39 is 0 Å². The number of hydrogen-bond acceptors (Lipinski definition) is 5. The lowest BCUT2D eigenvalue weighted by molar-refractivity contribution is 0.0946. The second kappa shape index (κ2) is 8.22. The highest BCUT2D eigenvalue weighted by Gasteiger charge is 2.14. The van der Waals surface area contributed by atoms with Gasteiger partial charge in [0.05, 0.1) is 11.9 Å². The summed E-state index contributed by atoms with van der Waals surface area (Å²) in [6.07, 6.45) is 1.67. The van der Waals surface area contributed by atoms with Crippen molar-refractivity contribution in [2.75, 3.05) is 12.1 Å². The van der Waals surface area contributed by atoms with Crippen LogP contribution in [-0.2, 0) is 6.54 Å². The highest BCUT2D eigenvalue weighted by molar-refractivity contribution is 5.92. The van der Waals surface area contributed by atoms with Crippen LogP contribution in [0.1, 0.15) is 41.4 Å². The number of ether oxygens (including phenoxy) is 2. The van der Waals surface area contributed by atoms with E-state index in [4.69, 9.17) is 9.47 Å². The van der Waals surface area contributed by atoms with Gasteiger partial charge in [-0.25, -0.2) is 4.98 Å². The van der Waals surface area contributed by atoms with Gasteiger partial charge >= 0.3 is 0 Å². The number of pyridine rings is 1. The lowest BCUT2D eigenvalue weighted by atomic mass is 10.0. The molecule has 4 rings (SSSR count). The Balaban J connectivity index is 1.38. The lowest BCUT2D eigenvalue weighted by Gasteiger charge is -2.14. The van der Waals surface area contributed by atoms with Crippen LogP contribution in [-0.4, -0.2) is 17.7 Å². The molecule has 3 aromatic rings. The van der Waals surface area contributed by atoms with Crippen LogP contribution in [0.5, 0.6) is 11.5 Å². The number of rotatable bonds is 6. The Morgan fingerprint density at radius 1 is 1.07 bits per heavy atom. The molecule has 2 N–H and O–H groups in total. The van der Waals surface area contributed by atoms with Gasteiger partial charge in [-0.05, 0) is 47.4 Å². The molecule has 0 fully saturated rings.